The van der Waals surface area contributed by atoms with Gasteiger partial charge in [0.25, 0.3) is 5.91 Å². The van der Waals surface area contributed by atoms with E-state index in [1.807, 2.05) is 60.7 Å². The van der Waals surface area contributed by atoms with Gasteiger partial charge >= 0.3 is 0 Å². The maximum Gasteiger partial charge on any atom is 0.287 e. The van der Waals surface area contributed by atoms with Gasteiger partial charge in [0.15, 0.2) is 0 Å². The number of hydrogen-bond acceptors (Lipinski definition) is 3. The summed E-state index contributed by atoms with van der Waals surface area (Å²) in [6.07, 6.45) is 1.84. The molecule has 138 valence electrons. The van der Waals surface area contributed by atoms with Gasteiger partial charge in [-0.05, 0) is 24.0 Å². The second-order valence-corrected chi connectivity index (χ2v) is 7.31. The molecule has 1 heterocycles. The lowest BCUT2D eigenvalue weighted by molar-refractivity contribution is -0.140. The van der Waals surface area contributed by atoms with E-state index in [0.717, 1.165) is 24.0 Å². The number of hydrogen-bond donors (Lipinski definition) is 1. The Bertz CT molecular complexity index is 846. The summed E-state index contributed by atoms with van der Waals surface area (Å²) in [7, 11) is 0. The van der Waals surface area contributed by atoms with Crippen molar-refractivity contribution in [1.29, 1.82) is 0 Å². The van der Waals surface area contributed by atoms with Crippen molar-refractivity contribution in [3.05, 3.63) is 71.8 Å². The predicted octanol–water partition coefficient (Wildman–Crippen LogP) is 2.28. The Kier molecular flexibility index (Phi) is 4.75. The average molecular weight is 362 g/mol. The summed E-state index contributed by atoms with van der Waals surface area (Å²) in [5, 5.41) is 2.76. The van der Waals surface area contributed by atoms with Gasteiger partial charge in [0, 0.05) is 19.1 Å². The first-order valence-corrected chi connectivity index (χ1v) is 9.36. The molecule has 0 radical (unpaired) electrons. The zero-order chi connectivity index (χ0) is 18.8. The van der Waals surface area contributed by atoms with Gasteiger partial charge < -0.3 is 10.2 Å². The van der Waals surface area contributed by atoms with E-state index in [1.54, 1.807) is 4.90 Å². The summed E-state index contributed by atoms with van der Waals surface area (Å²) in [6, 6.07) is 19.1. The number of benzene rings is 2. The molecule has 0 spiro atoms. The van der Waals surface area contributed by atoms with Crippen molar-refractivity contribution in [3.63, 3.8) is 0 Å². The molecular weight excluding hydrogens is 340 g/mol. The summed E-state index contributed by atoms with van der Waals surface area (Å²) >= 11 is 0. The Balaban J connectivity index is 1.59. The van der Waals surface area contributed by atoms with Crippen molar-refractivity contribution >= 4 is 17.6 Å². The Morgan fingerprint density at radius 3 is 2.22 bits per heavy atom. The summed E-state index contributed by atoms with van der Waals surface area (Å²) in [6.45, 7) is 0.710. The molecule has 5 nitrogen and oxygen atoms in total. The fourth-order valence-electron chi connectivity index (χ4n) is 3.67. The largest absolute Gasteiger partial charge is 0.347 e. The van der Waals surface area contributed by atoms with Gasteiger partial charge in [-0.3, -0.25) is 14.4 Å². The highest BCUT2D eigenvalue weighted by atomic mass is 16.2. The SMILES string of the molecule is O=C(NC1CC1)C(=O)[C@H]1CN(Cc2ccccc2)C(=O)[C@@H]1c1ccccc1. The van der Waals surface area contributed by atoms with Gasteiger partial charge in [-0.2, -0.15) is 0 Å². The molecule has 2 aliphatic rings. The number of likely N-dealkylation sites (tertiary alicyclic amines) is 1. The first kappa shape index (κ1) is 17.5. The molecule has 4 rings (SSSR count). The molecule has 27 heavy (non-hydrogen) atoms. The quantitative estimate of drug-likeness (QED) is 0.802. The van der Waals surface area contributed by atoms with E-state index in [-0.39, 0.29) is 18.5 Å². The van der Waals surface area contributed by atoms with E-state index >= 15 is 0 Å². The molecule has 0 bridgehead atoms. The summed E-state index contributed by atoms with van der Waals surface area (Å²) in [5.41, 5.74) is 1.80. The van der Waals surface area contributed by atoms with Crippen LogP contribution in [0.1, 0.15) is 29.9 Å². The van der Waals surface area contributed by atoms with Crippen LogP contribution in [0.3, 0.4) is 0 Å². The third kappa shape index (κ3) is 3.77. The molecule has 5 heteroatoms. The van der Waals surface area contributed by atoms with E-state index in [4.69, 9.17) is 0 Å². The lowest BCUT2D eigenvalue weighted by Gasteiger charge is -2.16. The molecule has 2 fully saturated rings. The number of ketones is 1. The number of carbonyl (C=O) groups excluding carboxylic acids is 3. The molecule has 2 aromatic carbocycles. The van der Waals surface area contributed by atoms with Gasteiger partial charge in [-0.1, -0.05) is 60.7 Å². The van der Waals surface area contributed by atoms with Crippen LogP contribution in [0.5, 0.6) is 0 Å². The lowest BCUT2D eigenvalue weighted by Crippen LogP contribution is -2.39. The number of rotatable bonds is 6. The fourth-order valence-corrected chi connectivity index (χ4v) is 3.67. The van der Waals surface area contributed by atoms with Gasteiger partial charge in [-0.15, -0.1) is 0 Å². The highest BCUT2D eigenvalue weighted by molar-refractivity contribution is 6.38. The third-order valence-electron chi connectivity index (χ3n) is 5.25. The van der Waals surface area contributed by atoms with Crippen LogP contribution in [0, 0.1) is 5.92 Å². The molecule has 1 saturated heterocycles. The second kappa shape index (κ2) is 7.35. The van der Waals surface area contributed by atoms with E-state index in [2.05, 4.69) is 5.32 Å². The van der Waals surface area contributed by atoms with Gasteiger partial charge in [0.1, 0.15) is 0 Å². The Hall–Kier alpha value is -2.95. The summed E-state index contributed by atoms with van der Waals surface area (Å²) < 4.78 is 0. The van der Waals surface area contributed by atoms with Crippen molar-refractivity contribution in [1.82, 2.24) is 10.2 Å². The topological polar surface area (TPSA) is 66.5 Å². The predicted molar refractivity (Wildman–Crippen MR) is 101 cm³/mol. The van der Waals surface area contributed by atoms with Gasteiger partial charge in [0.2, 0.25) is 11.7 Å². The molecule has 2 atom stereocenters. The number of carbonyl (C=O) groups is 3. The van der Waals surface area contributed by atoms with Crippen LogP contribution >= 0.6 is 0 Å². The second-order valence-electron chi connectivity index (χ2n) is 7.31. The first-order chi connectivity index (χ1) is 13.1. The minimum Gasteiger partial charge on any atom is -0.347 e. The highest BCUT2D eigenvalue weighted by Crippen LogP contribution is 2.35. The molecule has 2 aromatic rings. The average Bonchev–Trinajstić information content (AvgIpc) is 3.45. The molecule has 1 N–H and O–H groups in total. The van der Waals surface area contributed by atoms with Crippen molar-refractivity contribution in [3.8, 4) is 0 Å². The lowest BCUT2D eigenvalue weighted by atomic mass is 9.85. The van der Waals surface area contributed by atoms with E-state index in [1.165, 1.54) is 0 Å². The molecule has 0 unspecified atom stereocenters. The van der Waals surface area contributed by atoms with E-state index in [9.17, 15) is 14.4 Å². The number of amides is 2. The molecule has 1 saturated carbocycles. The van der Waals surface area contributed by atoms with Gasteiger partial charge in [-0.25, -0.2) is 0 Å². The van der Waals surface area contributed by atoms with Crippen LogP contribution in [-0.4, -0.2) is 35.1 Å². The van der Waals surface area contributed by atoms with Crippen LogP contribution < -0.4 is 5.32 Å². The van der Waals surface area contributed by atoms with Crippen molar-refractivity contribution in [2.75, 3.05) is 6.54 Å². The van der Waals surface area contributed by atoms with E-state index in [0.29, 0.717) is 6.54 Å². The van der Waals surface area contributed by atoms with Crippen molar-refractivity contribution in [2.45, 2.75) is 31.3 Å². The minimum absolute atomic E-state index is 0.0948. The maximum absolute atomic E-state index is 13.1. The van der Waals surface area contributed by atoms with Crippen molar-refractivity contribution in [2.24, 2.45) is 5.92 Å². The van der Waals surface area contributed by atoms with Crippen LogP contribution in [0.25, 0.3) is 0 Å². The number of nitrogens with zero attached hydrogens (tertiary/aromatic N) is 1. The zero-order valence-electron chi connectivity index (χ0n) is 15.0. The molecule has 2 amide bonds. The van der Waals surface area contributed by atoms with Crippen LogP contribution in [0.4, 0.5) is 0 Å². The number of nitrogens with one attached hydrogen (secondary N) is 1. The van der Waals surface area contributed by atoms with Gasteiger partial charge in [0.05, 0.1) is 11.8 Å². The number of Topliss-reactive ketones (excluding diaryl/α,β-unsaturated/α-hetero) is 1. The van der Waals surface area contributed by atoms with Crippen LogP contribution in [0.15, 0.2) is 60.7 Å². The maximum atomic E-state index is 13.1. The minimum atomic E-state index is -0.651. The molecule has 1 aliphatic heterocycles. The van der Waals surface area contributed by atoms with Crippen molar-refractivity contribution < 1.29 is 14.4 Å². The summed E-state index contributed by atoms with van der Waals surface area (Å²) in [5.74, 6) is -2.39. The molecular formula is C22H22N2O3. The first-order valence-electron chi connectivity index (χ1n) is 9.36. The molecule has 1 aliphatic carbocycles. The highest BCUT2D eigenvalue weighted by Gasteiger charge is 2.47. The fraction of sp³-hybridized carbons (Fsp3) is 0.318. The zero-order valence-corrected chi connectivity index (χ0v) is 15.0. The Morgan fingerprint density at radius 2 is 1.59 bits per heavy atom. The normalized spacial score (nSPS) is 21.9. The Labute approximate surface area is 158 Å². The standard InChI is InChI=1S/C22H22N2O3/c25-20(21(26)23-17-11-12-17)18-14-24(13-15-7-3-1-4-8-15)22(27)19(18)16-9-5-2-6-10-16/h1-10,17-19H,11-14H2,(H,23,26)/t18-,19+/m0/s1. The molecule has 0 aromatic heterocycles. The van der Waals surface area contributed by atoms with Crippen LogP contribution in [-0.2, 0) is 20.9 Å². The van der Waals surface area contributed by atoms with Crippen LogP contribution in [0.2, 0.25) is 0 Å². The smallest absolute Gasteiger partial charge is 0.287 e. The third-order valence-corrected chi connectivity index (χ3v) is 5.25. The Morgan fingerprint density at radius 1 is 0.963 bits per heavy atom. The summed E-state index contributed by atoms with van der Waals surface area (Å²) in [4.78, 5) is 40.0. The van der Waals surface area contributed by atoms with E-state index < -0.39 is 23.5 Å². The monoisotopic (exact) mass is 362 g/mol.